The summed E-state index contributed by atoms with van der Waals surface area (Å²) in [6, 6.07) is 6.98. The maximum absolute atomic E-state index is 11.7. The van der Waals surface area contributed by atoms with Gasteiger partial charge >= 0.3 is 5.97 Å². The van der Waals surface area contributed by atoms with Crippen molar-refractivity contribution < 1.29 is 24.5 Å². The minimum Gasteiger partial charge on any atom is -0.491 e. The third-order valence-corrected chi connectivity index (χ3v) is 4.74. The van der Waals surface area contributed by atoms with Crippen LogP contribution in [0.5, 0.6) is 5.75 Å². The standard InChI is InChI=1S/C19H25NO5S/c1-19(2,3)14-11-26-17(15(14)18(22)23)20-16(21)12-5-7-13(8-6-12)25-10-9-24-4/h5-8,11,16,20-21H,9-10H2,1-4H3,(H,22,23). The summed E-state index contributed by atoms with van der Waals surface area (Å²) in [4.78, 5) is 11.7. The van der Waals surface area contributed by atoms with Crippen molar-refractivity contribution in [2.75, 3.05) is 25.6 Å². The highest BCUT2D eigenvalue weighted by molar-refractivity contribution is 7.14. The number of benzene rings is 1. The number of aliphatic hydroxyl groups excluding tert-OH is 1. The van der Waals surface area contributed by atoms with Gasteiger partial charge in [-0.3, -0.25) is 0 Å². The van der Waals surface area contributed by atoms with E-state index in [-0.39, 0.29) is 11.0 Å². The molecule has 0 aliphatic heterocycles. The molecule has 3 N–H and O–H groups in total. The van der Waals surface area contributed by atoms with E-state index in [9.17, 15) is 15.0 Å². The largest absolute Gasteiger partial charge is 0.491 e. The molecule has 7 heteroatoms. The van der Waals surface area contributed by atoms with Gasteiger partial charge in [-0.25, -0.2) is 4.79 Å². The number of carboxylic acid groups (broad SMARTS) is 1. The van der Waals surface area contributed by atoms with E-state index in [0.29, 0.717) is 29.5 Å². The van der Waals surface area contributed by atoms with Gasteiger partial charge < -0.3 is 25.0 Å². The number of ether oxygens (including phenoxy) is 2. The van der Waals surface area contributed by atoms with Gasteiger partial charge in [0.2, 0.25) is 0 Å². The first-order chi connectivity index (χ1) is 12.2. The van der Waals surface area contributed by atoms with Gasteiger partial charge in [-0.1, -0.05) is 32.9 Å². The summed E-state index contributed by atoms with van der Waals surface area (Å²) < 4.78 is 10.4. The monoisotopic (exact) mass is 379 g/mol. The number of nitrogens with one attached hydrogen (secondary N) is 1. The molecule has 0 radical (unpaired) electrons. The van der Waals surface area contributed by atoms with Gasteiger partial charge in [0.25, 0.3) is 0 Å². The molecule has 2 aromatic rings. The van der Waals surface area contributed by atoms with Crippen LogP contribution in [0.1, 0.15) is 48.5 Å². The Kier molecular flexibility index (Phi) is 6.63. The van der Waals surface area contributed by atoms with E-state index in [1.54, 1.807) is 31.4 Å². The van der Waals surface area contributed by atoms with Crippen LogP contribution in [0.15, 0.2) is 29.6 Å². The maximum Gasteiger partial charge on any atom is 0.339 e. The summed E-state index contributed by atoms with van der Waals surface area (Å²) in [6.07, 6.45) is -1.02. The summed E-state index contributed by atoms with van der Waals surface area (Å²) in [5, 5.41) is 25.2. The second-order valence-corrected chi connectivity index (χ2v) is 7.75. The molecule has 0 spiro atoms. The van der Waals surface area contributed by atoms with Crippen LogP contribution in [0.25, 0.3) is 0 Å². The topological polar surface area (TPSA) is 88.0 Å². The van der Waals surface area contributed by atoms with E-state index in [1.807, 2.05) is 26.2 Å². The number of carboxylic acids is 1. The number of carbonyl (C=O) groups is 1. The Morgan fingerprint density at radius 3 is 2.42 bits per heavy atom. The molecule has 0 amide bonds. The number of methoxy groups -OCH3 is 1. The molecule has 1 aromatic carbocycles. The average molecular weight is 379 g/mol. The summed E-state index contributed by atoms with van der Waals surface area (Å²) >= 11 is 1.28. The molecule has 1 heterocycles. The van der Waals surface area contributed by atoms with Crippen molar-refractivity contribution in [2.45, 2.75) is 32.4 Å². The lowest BCUT2D eigenvalue weighted by atomic mass is 9.86. The van der Waals surface area contributed by atoms with Crippen LogP contribution in [-0.2, 0) is 10.2 Å². The maximum atomic E-state index is 11.7. The molecule has 2 rings (SSSR count). The molecule has 0 aliphatic rings. The normalized spacial score (nSPS) is 12.7. The Balaban J connectivity index is 2.13. The van der Waals surface area contributed by atoms with Crippen molar-refractivity contribution in [1.82, 2.24) is 0 Å². The SMILES string of the molecule is COCCOc1ccc(C(O)Nc2scc(C(C)(C)C)c2C(=O)O)cc1. The lowest BCUT2D eigenvalue weighted by Gasteiger charge is -2.19. The van der Waals surface area contributed by atoms with E-state index in [1.165, 1.54) is 11.3 Å². The van der Waals surface area contributed by atoms with Crippen LogP contribution in [0.2, 0.25) is 0 Å². The lowest BCUT2D eigenvalue weighted by molar-refractivity contribution is 0.0695. The van der Waals surface area contributed by atoms with E-state index < -0.39 is 12.2 Å². The first-order valence-corrected chi connectivity index (χ1v) is 9.13. The van der Waals surface area contributed by atoms with E-state index in [2.05, 4.69) is 5.32 Å². The Labute approximate surface area is 157 Å². The van der Waals surface area contributed by atoms with Gasteiger partial charge in [0.15, 0.2) is 6.23 Å². The number of rotatable bonds is 8. The molecule has 0 aliphatic carbocycles. The Morgan fingerprint density at radius 1 is 1.23 bits per heavy atom. The van der Waals surface area contributed by atoms with Gasteiger partial charge in [0, 0.05) is 12.7 Å². The van der Waals surface area contributed by atoms with Crippen LogP contribution in [-0.4, -0.2) is 36.5 Å². The van der Waals surface area contributed by atoms with Crippen molar-refractivity contribution in [1.29, 1.82) is 0 Å². The number of thiophene rings is 1. The molecule has 0 saturated heterocycles. The lowest BCUT2D eigenvalue weighted by Crippen LogP contribution is -2.17. The fourth-order valence-electron chi connectivity index (χ4n) is 2.43. The molecule has 0 bridgehead atoms. The van der Waals surface area contributed by atoms with Crippen LogP contribution in [0, 0.1) is 0 Å². The zero-order chi connectivity index (χ0) is 19.3. The fourth-order valence-corrected chi connectivity index (χ4v) is 3.63. The first-order valence-electron chi connectivity index (χ1n) is 8.25. The van der Waals surface area contributed by atoms with Gasteiger partial charge in [-0.05, 0) is 28.5 Å². The number of hydrogen-bond acceptors (Lipinski definition) is 6. The minimum absolute atomic E-state index is 0.209. The molecule has 0 saturated carbocycles. The quantitative estimate of drug-likeness (QED) is 0.477. The van der Waals surface area contributed by atoms with Crippen molar-refractivity contribution in [3.63, 3.8) is 0 Å². The third kappa shape index (κ3) is 4.97. The zero-order valence-electron chi connectivity index (χ0n) is 15.4. The highest BCUT2D eigenvalue weighted by Gasteiger charge is 2.27. The van der Waals surface area contributed by atoms with Crippen LogP contribution < -0.4 is 10.1 Å². The molecule has 1 atom stereocenters. The second kappa shape index (κ2) is 8.53. The van der Waals surface area contributed by atoms with Crippen LogP contribution >= 0.6 is 11.3 Å². The van der Waals surface area contributed by atoms with E-state index in [0.717, 1.165) is 5.56 Å². The van der Waals surface area contributed by atoms with Gasteiger partial charge in [-0.15, -0.1) is 11.3 Å². The van der Waals surface area contributed by atoms with E-state index >= 15 is 0 Å². The van der Waals surface area contributed by atoms with Crippen LogP contribution in [0.4, 0.5) is 5.00 Å². The Hall–Kier alpha value is -2.09. The van der Waals surface area contributed by atoms with Gasteiger partial charge in [0.1, 0.15) is 17.4 Å². The average Bonchev–Trinajstić information content (AvgIpc) is 3.00. The number of aliphatic hydroxyl groups is 1. The smallest absolute Gasteiger partial charge is 0.339 e. The summed E-state index contributed by atoms with van der Waals surface area (Å²) in [7, 11) is 1.61. The molecule has 26 heavy (non-hydrogen) atoms. The third-order valence-electron chi connectivity index (χ3n) is 3.83. The van der Waals surface area contributed by atoms with Crippen LogP contribution in [0.3, 0.4) is 0 Å². The summed E-state index contributed by atoms with van der Waals surface area (Å²) in [5.41, 5.74) is 1.27. The number of aromatic carboxylic acids is 1. The fraction of sp³-hybridized carbons (Fsp3) is 0.421. The van der Waals surface area contributed by atoms with Gasteiger partial charge in [-0.2, -0.15) is 0 Å². The predicted molar refractivity (Wildman–Crippen MR) is 102 cm³/mol. The predicted octanol–water partition coefficient (Wildman–Crippen LogP) is 3.87. The zero-order valence-corrected chi connectivity index (χ0v) is 16.2. The molecular weight excluding hydrogens is 354 g/mol. The summed E-state index contributed by atoms with van der Waals surface area (Å²) in [6.45, 7) is 6.83. The first kappa shape index (κ1) is 20.2. The van der Waals surface area contributed by atoms with Crippen molar-refractivity contribution in [3.8, 4) is 5.75 Å². The molecule has 1 aromatic heterocycles. The highest BCUT2D eigenvalue weighted by Crippen LogP contribution is 2.37. The highest BCUT2D eigenvalue weighted by atomic mass is 32.1. The second-order valence-electron chi connectivity index (χ2n) is 6.87. The molecule has 1 unspecified atom stereocenters. The van der Waals surface area contributed by atoms with Crippen molar-refractivity contribution in [2.24, 2.45) is 0 Å². The number of hydrogen-bond donors (Lipinski definition) is 3. The molecule has 6 nitrogen and oxygen atoms in total. The number of anilines is 1. The Bertz CT molecular complexity index is 733. The molecule has 0 fully saturated rings. The van der Waals surface area contributed by atoms with Crippen molar-refractivity contribution in [3.05, 3.63) is 46.3 Å². The van der Waals surface area contributed by atoms with E-state index in [4.69, 9.17) is 9.47 Å². The molecular formula is C19H25NO5S. The van der Waals surface area contributed by atoms with Gasteiger partial charge in [0.05, 0.1) is 12.2 Å². The minimum atomic E-state index is -1.02. The summed E-state index contributed by atoms with van der Waals surface area (Å²) in [5.74, 6) is -0.330. The molecule has 142 valence electrons. The van der Waals surface area contributed by atoms with Crippen molar-refractivity contribution >= 4 is 22.3 Å². The Morgan fingerprint density at radius 2 is 1.88 bits per heavy atom.